The maximum Gasteiger partial charge on any atom is 0.228 e. The van der Waals surface area contributed by atoms with Crippen molar-refractivity contribution in [1.29, 1.82) is 0 Å². The van der Waals surface area contributed by atoms with Gasteiger partial charge in [0.25, 0.3) is 0 Å². The minimum atomic E-state index is -0.223. The first-order chi connectivity index (χ1) is 10.8. The Morgan fingerprint density at radius 2 is 1.74 bits per heavy atom. The molecule has 0 radical (unpaired) electrons. The number of nitrogens with one attached hydrogen (secondary N) is 1. The monoisotopic (exact) mass is 316 g/mol. The molecule has 0 aromatic heterocycles. The maximum atomic E-state index is 12.7. The summed E-state index contributed by atoms with van der Waals surface area (Å²) < 4.78 is 0. The molecule has 1 atom stereocenters. The number of hydrogen-bond acceptors (Lipinski definition) is 2. The first kappa shape index (κ1) is 17.5. The number of anilines is 1. The molecule has 23 heavy (non-hydrogen) atoms. The fourth-order valence-corrected chi connectivity index (χ4v) is 3.09. The number of benzene rings is 1. The number of amides is 2. The zero-order chi connectivity index (χ0) is 17.1. The van der Waals surface area contributed by atoms with Crippen molar-refractivity contribution in [2.45, 2.75) is 52.4 Å². The summed E-state index contributed by atoms with van der Waals surface area (Å²) in [5.41, 5.74) is 3.25. The molecule has 126 valence electrons. The van der Waals surface area contributed by atoms with Crippen molar-refractivity contribution in [2.75, 3.05) is 18.9 Å². The number of carbonyl (C=O) groups is 2. The molecule has 1 aliphatic rings. The van der Waals surface area contributed by atoms with E-state index in [1.165, 1.54) is 0 Å². The number of carbonyl (C=O) groups excluding carboxylic acids is 2. The highest BCUT2D eigenvalue weighted by atomic mass is 16.2. The second kappa shape index (κ2) is 7.16. The van der Waals surface area contributed by atoms with Gasteiger partial charge in [-0.05, 0) is 29.4 Å². The van der Waals surface area contributed by atoms with Gasteiger partial charge in [-0.2, -0.15) is 0 Å². The quantitative estimate of drug-likeness (QED) is 0.920. The molecule has 0 bridgehead atoms. The van der Waals surface area contributed by atoms with Crippen LogP contribution in [0.1, 0.15) is 63.5 Å². The number of nitrogens with zero attached hydrogens (tertiary/aromatic N) is 1. The van der Waals surface area contributed by atoms with Gasteiger partial charge in [0.15, 0.2) is 0 Å². The molecule has 1 aromatic carbocycles. The number of rotatable bonds is 4. The topological polar surface area (TPSA) is 49.4 Å². The standard InChI is InChI=1S/C19H28N2O2/c1-12(2)15-7-6-8-16(13(3)4)18(15)20-19(23)14-9-10-21(5)17(22)11-14/h6-8,12-14H,9-11H2,1-5H3,(H,20,23)/t14-/m0/s1. The lowest BCUT2D eigenvalue weighted by molar-refractivity contribution is -0.137. The molecular weight excluding hydrogens is 288 g/mol. The lowest BCUT2D eigenvalue weighted by Crippen LogP contribution is -2.40. The van der Waals surface area contributed by atoms with E-state index in [2.05, 4.69) is 51.2 Å². The van der Waals surface area contributed by atoms with Crippen molar-refractivity contribution < 1.29 is 9.59 Å². The van der Waals surface area contributed by atoms with Crippen LogP contribution in [-0.2, 0) is 9.59 Å². The second-order valence-electron chi connectivity index (χ2n) is 7.12. The van der Waals surface area contributed by atoms with Crippen LogP contribution in [0.15, 0.2) is 18.2 Å². The van der Waals surface area contributed by atoms with Crippen LogP contribution in [0.5, 0.6) is 0 Å². The van der Waals surface area contributed by atoms with E-state index in [0.717, 1.165) is 23.2 Å². The molecule has 1 N–H and O–H groups in total. The number of para-hydroxylation sites is 1. The van der Waals surface area contributed by atoms with Crippen molar-refractivity contribution in [3.8, 4) is 0 Å². The van der Waals surface area contributed by atoms with Crippen LogP contribution in [0.4, 0.5) is 5.69 Å². The van der Waals surface area contributed by atoms with Crippen molar-refractivity contribution in [3.05, 3.63) is 29.3 Å². The Hall–Kier alpha value is -1.84. The highest BCUT2D eigenvalue weighted by Crippen LogP contribution is 2.33. The van der Waals surface area contributed by atoms with Crippen molar-refractivity contribution in [3.63, 3.8) is 0 Å². The molecule has 0 spiro atoms. The van der Waals surface area contributed by atoms with E-state index in [4.69, 9.17) is 0 Å². The van der Waals surface area contributed by atoms with E-state index >= 15 is 0 Å². The van der Waals surface area contributed by atoms with Crippen molar-refractivity contribution in [2.24, 2.45) is 5.92 Å². The molecule has 0 unspecified atom stereocenters. The Morgan fingerprint density at radius 1 is 1.17 bits per heavy atom. The summed E-state index contributed by atoms with van der Waals surface area (Å²) in [6.07, 6.45) is 1.04. The molecule has 0 saturated carbocycles. The molecule has 2 rings (SSSR count). The summed E-state index contributed by atoms with van der Waals surface area (Å²) in [6.45, 7) is 9.19. The van der Waals surface area contributed by atoms with Crippen LogP contribution in [0, 0.1) is 5.92 Å². The molecule has 0 aliphatic carbocycles. The predicted octanol–water partition coefficient (Wildman–Crippen LogP) is 3.74. The number of piperidine rings is 1. The van der Waals surface area contributed by atoms with E-state index in [0.29, 0.717) is 24.8 Å². The van der Waals surface area contributed by atoms with E-state index in [1.807, 2.05) is 0 Å². The molecule has 1 fully saturated rings. The molecule has 4 nitrogen and oxygen atoms in total. The third-order valence-corrected chi connectivity index (χ3v) is 4.65. The van der Waals surface area contributed by atoms with Gasteiger partial charge in [0.05, 0.1) is 0 Å². The van der Waals surface area contributed by atoms with Crippen molar-refractivity contribution in [1.82, 2.24) is 4.90 Å². The molecule has 1 aliphatic heterocycles. The first-order valence-corrected chi connectivity index (χ1v) is 8.48. The molecule has 1 saturated heterocycles. The zero-order valence-electron chi connectivity index (χ0n) is 14.8. The Morgan fingerprint density at radius 3 is 2.22 bits per heavy atom. The Kier molecular flexibility index (Phi) is 5.45. The third kappa shape index (κ3) is 3.92. The van der Waals surface area contributed by atoms with Gasteiger partial charge in [-0.1, -0.05) is 45.9 Å². The average molecular weight is 316 g/mol. The Labute approximate surface area is 139 Å². The predicted molar refractivity (Wildman–Crippen MR) is 93.6 cm³/mol. The fraction of sp³-hybridized carbons (Fsp3) is 0.579. The first-order valence-electron chi connectivity index (χ1n) is 8.48. The van der Waals surface area contributed by atoms with Gasteiger partial charge < -0.3 is 10.2 Å². The Balaban J connectivity index is 2.25. The van der Waals surface area contributed by atoms with Crippen LogP contribution < -0.4 is 5.32 Å². The minimum absolute atomic E-state index is 0.0264. The van der Waals surface area contributed by atoms with E-state index < -0.39 is 0 Å². The molecule has 1 heterocycles. The highest BCUT2D eigenvalue weighted by Gasteiger charge is 2.29. The van der Waals surface area contributed by atoms with Crippen LogP contribution in [0.3, 0.4) is 0 Å². The lowest BCUT2D eigenvalue weighted by Gasteiger charge is -2.29. The van der Waals surface area contributed by atoms with E-state index in [9.17, 15) is 9.59 Å². The van der Waals surface area contributed by atoms with Gasteiger partial charge in [0.1, 0.15) is 0 Å². The Bertz CT molecular complexity index is 567. The van der Waals surface area contributed by atoms with Gasteiger partial charge in [-0.15, -0.1) is 0 Å². The van der Waals surface area contributed by atoms with Crippen molar-refractivity contribution >= 4 is 17.5 Å². The number of hydrogen-bond donors (Lipinski definition) is 1. The maximum absolute atomic E-state index is 12.7. The molecule has 1 aromatic rings. The normalized spacial score (nSPS) is 18.7. The summed E-state index contributed by atoms with van der Waals surface area (Å²) in [6, 6.07) is 6.21. The van der Waals surface area contributed by atoms with E-state index in [-0.39, 0.29) is 17.7 Å². The smallest absolute Gasteiger partial charge is 0.228 e. The average Bonchev–Trinajstić information content (AvgIpc) is 2.49. The summed E-state index contributed by atoms with van der Waals surface area (Å²) in [7, 11) is 1.79. The van der Waals surface area contributed by atoms with Gasteiger partial charge in [-0.25, -0.2) is 0 Å². The second-order valence-corrected chi connectivity index (χ2v) is 7.12. The van der Waals surface area contributed by atoms with Gasteiger partial charge >= 0.3 is 0 Å². The van der Waals surface area contributed by atoms with Crippen LogP contribution >= 0.6 is 0 Å². The van der Waals surface area contributed by atoms with Crippen LogP contribution in [0.2, 0.25) is 0 Å². The van der Waals surface area contributed by atoms with Gasteiger partial charge in [0, 0.05) is 31.6 Å². The molecule has 2 amide bonds. The summed E-state index contributed by atoms with van der Waals surface area (Å²) in [4.78, 5) is 26.2. The fourth-order valence-electron chi connectivity index (χ4n) is 3.09. The minimum Gasteiger partial charge on any atom is -0.346 e. The number of likely N-dealkylation sites (tertiary alicyclic amines) is 1. The van der Waals surface area contributed by atoms with Crippen LogP contribution in [-0.4, -0.2) is 30.3 Å². The largest absolute Gasteiger partial charge is 0.346 e. The summed E-state index contributed by atoms with van der Waals surface area (Å²) >= 11 is 0. The summed E-state index contributed by atoms with van der Waals surface area (Å²) in [5.74, 6) is 0.476. The van der Waals surface area contributed by atoms with Gasteiger partial charge in [-0.3, -0.25) is 9.59 Å². The SMILES string of the molecule is CC(C)c1cccc(C(C)C)c1NC(=O)[C@H]1CCN(C)C(=O)C1. The van der Waals surface area contributed by atoms with Gasteiger partial charge in [0.2, 0.25) is 11.8 Å². The van der Waals surface area contributed by atoms with E-state index in [1.54, 1.807) is 11.9 Å². The molecule has 4 heteroatoms. The zero-order valence-corrected chi connectivity index (χ0v) is 14.8. The highest BCUT2D eigenvalue weighted by molar-refractivity contribution is 5.97. The van der Waals surface area contributed by atoms with Crippen LogP contribution in [0.25, 0.3) is 0 Å². The summed E-state index contributed by atoms with van der Waals surface area (Å²) in [5, 5.41) is 3.14. The third-order valence-electron chi connectivity index (χ3n) is 4.65. The molecular formula is C19H28N2O2. The lowest BCUT2D eigenvalue weighted by atomic mass is 9.91.